The molecule has 0 unspecified atom stereocenters. The number of carbonyl (C=O) groups excluding carboxylic acids is 1. The smallest absolute Gasteiger partial charge is 0.238 e. The van der Waals surface area contributed by atoms with E-state index in [9.17, 15) is 4.79 Å². The molecule has 1 fully saturated rings. The molecule has 0 atom stereocenters. The quantitative estimate of drug-likeness (QED) is 0.836. The average Bonchev–Trinajstić information content (AvgIpc) is 3.02. The standard InChI is InChI=1S/C10H10BrN3OS/c11-6-2-1-5-13-7(6)14-9(15)10(3-4-10)8(12)16/h1-2,5H,3-4H2,(H2,12,16)(H,13,14,15). The Morgan fingerprint density at radius 2 is 2.31 bits per heavy atom. The second-order valence-corrected chi connectivity index (χ2v) is 5.03. The third-order valence-electron chi connectivity index (χ3n) is 2.65. The Balaban J connectivity index is 2.15. The van der Waals surface area contributed by atoms with Crippen molar-refractivity contribution in [3.05, 3.63) is 22.8 Å². The third kappa shape index (κ3) is 1.94. The number of nitrogens with two attached hydrogens (primary N) is 1. The lowest BCUT2D eigenvalue weighted by Gasteiger charge is -2.13. The number of halogens is 1. The zero-order valence-corrected chi connectivity index (χ0v) is 10.8. The summed E-state index contributed by atoms with van der Waals surface area (Å²) >= 11 is 8.21. The Kier molecular flexibility index (Phi) is 2.94. The number of nitrogens with zero attached hydrogens (tertiary/aromatic N) is 1. The minimum absolute atomic E-state index is 0.167. The molecular formula is C10H10BrN3OS. The Bertz CT molecular complexity index is 459. The first-order valence-corrected chi connectivity index (χ1v) is 5.98. The molecule has 1 aliphatic rings. The molecule has 84 valence electrons. The second kappa shape index (κ2) is 4.10. The van der Waals surface area contributed by atoms with Crippen LogP contribution in [0.15, 0.2) is 22.8 Å². The number of aromatic nitrogens is 1. The van der Waals surface area contributed by atoms with E-state index in [1.807, 2.05) is 6.07 Å². The van der Waals surface area contributed by atoms with E-state index < -0.39 is 5.41 Å². The summed E-state index contributed by atoms with van der Waals surface area (Å²) in [6.45, 7) is 0. The van der Waals surface area contributed by atoms with Gasteiger partial charge in [0.2, 0.25) is 5.91 Å². The fourth-order valence-electron chi connectivity index (χ4n) is 1.42. The predicted octanol–water partition coefficient (Wildman–Crippen LogP) is 1.85. The van der Waals surface area contributed by atoms with E-state index in [0.29, 0.717) is 5.82 Å². The highest BCUT2D eigenvalue weighted by Gasteiger charge is 2.52. The van der Waals surface area contributed by atoms with Gasteiger partial charge in [0.15, 0.2) is 0 Å². The minimum atomic E-state index is -0.647. The van der Waals surface area contributed by atoms with Crippen LogP contribution < -0.4 is 11.1 Å². The van der Waals surface area contributed by atoms with E-state index in [-0.39, 0.29) is 10.9 Å². The maximum atomic E-state index is 12.0. The van der Waals surface area contributed by atoms with Crippen molar-refractivity contribution in [3.63, 3.8) is 0 Å². The largest absolute Gasteiger partial charge is 0.392 e. The first kappa shape index (κ1) is 11.5. The highest BCUT2D eigenvalue weighted by molar-refractivity contribution is 9.10. The molecule has 1 amide bonds. The van der Waals surface area contributed by atoms with Crippen LogP contribution >= 0.6 is 28.1 Å². The fourth-order valence-corrected chi connectivity index (χ4v) is 2.07. The molecule has 1 saturated carbocycles. The van der Waals surface area contributed by atoms with Crippen molar-refractivity contribution in [1.29, 1.82) is 0 Å². The van der Waals surface area contributed by atoms with Crippen molar-refractivity contribution in [2.75, 3.05) is 5.32 Å². The zero-order valence-electron chi connectivity index (χ0n) is 8.37. The number of hydrogen-bond donors (Lipinski definition) is 2. The number of hydrogen-bond acceptors (Lipinski definition) is 3. The molecule has 3 N–H and O–H groups in total. The Morgan fingerprint density at radius 1 is 1.62 bits per heavy atom. The first-order valence-electron chi connectivity index (χ1n) is 4.78. The number of pyridine rings is 1. The topological polar surface area (TPSA) is 68.0 Å². The second-order valence-electron chi connectivity index (χ2n) is 3.73. The van der Waals surface area contributed by atoms with Gasteiger partial charge in [-0.05, 0) is 40.9 Å². The molecule has 0 saturated heterocycles. The van der Waals surface area contributed by atoms with Gasteiger partial charge in [0.05, 0.1) is 14.9 Å². The summed E-state index contributed by atoms with van der Waals surface area (Å²) in [5, 5.41) is 2.73. The van der Waals surface area contributed by atoms with E-state index in [4.69, 9.17) is 18.0 Å². The summed E-state index contributed by atoms with van der Waals surface area (Å²) in [5.74, 6) is 0.328. The van der Waals surface area contributed by atoms with Crippen LogP contribution in [0.2, 0.25) is 0 Å². The van der Waals surface area contributed by atoms with E-state index >= 15 is 0 Å². The molecule has 0 aliphatic heterocycles. The summed E-state index contributed by atoms with van der Waals surface area (Å²) in [7, 11) is 0. The van der Waals surface area contributed by atoms with E-state index in [0.717, 1.165) is 17.3 Å². The predicted molar refractivity (Wildman–Crippen MR) is 69.0 cm³/mol. The average molecular weight is 300 g/mol. The van der Waals surface area contributed by atoms with E-state index in [1.165, 1.54) is 0 Å². The number of carbonyl (C=O) groups is 1. The van der Waals surface area contributed by atoms with Crippen LogP contribution in [-0.4, -0.2) is 15.9 Å². The Hall–Kier alpha value is -1.01. The lowest BCUT2D eigenvalue weighted by Crippen LogP contribution is -2.35. The molecule has 2 rings (SSSR count). The molecule has 1 aromatic heterocycles. The molecule has 0 spiro atoms. The van der Waals surface area contributed by atoms with Gasteiger partial charge in [-0.2, -0.15) is 0 Å². The maximum Gasteiger partial charge on any atom is 0.238 e. The van der Waals surface area contributed by atoms with E-state index in [1.54, 1.807) is 12.3 Å². The molecule has 1 aliphatic carbocycles. The van der Waals surface area contributed by atoms with Crippen LogP contribution in [0.3, 0.4) is 0 Å². The molecular weight excluding hydrogens is 290 g/mol. The molecule has 1 aromatic rings. The maximum absolute atomic E-state index is 12.0. The lowest BCUT2D eigenvalue weighted by atomic mass is 10.1. The minimum Gasteiger partial charge on any atom is -0.392 e. The highest BCUT2D eigenvalue weighted by Crippen LogP contribution is 2.46. The van der Waals surface area contributed by atoms with Crippen molar-refractivity contribution in [2.45, 2.75) is 12.8 Å². The molecule has 0 aromatic carbocycles. The van der Waals surface area contributed by atoms with Crippen LogP contribution in [0.5, 0.6) is 0 Å². The number of amides is 1. The van der Waals surface area contributed by atoms with Gasteiger partial charge in [-0.3, -0.25) is 4.79 Å². The Morgan fingerprint density at radius 3 is 2.81 bits per heavy atom. The fraction of sp³-hybridized carbons (Fsp3) is 0.300. The van der Waals surface area contributed by atoms with Gasteiger partial charge in [0, 0.05) is 6.20 Å². The normalized spacial score (nSPS) is 16.6. The molecule has 1 heterocycles. The van der Waals surface area contributed by atoms with Crippen LogP contribution in [0.4, 0.5) is 5.82 Å². The molecule has 6 heteroatoms. The first-order chi connectivity index (χ1) is 7.56. The van der Waals surface area contributed by atoms with Gasteiger partial charge in [0.25, 0.3) is 0 Å². The van der Waals surface area contributed by atoms with Gasteiger partial charge in [-0.1, -0.05) is 12.2 Å². The van der Waals surface area contributed by atoms with Crippen molar-refractivity contribution in [1.82, 2.24) is 4.98 Å². The van der Waals surface area contributed by atoms with Crippen LogP contribution in [0, 0.1) is 5.41 Å². The molecule has 0 bridgehead atoms. The summed E-state index contributed by atoms with van der Waals surface area (Å²) in [6, 6.07) is 3.59. The Labute approximate surface area is 107 Å². The lowest BCUT2D eigenvalue weighted by molar-refractivity contribution is -0.118. The van der Waals surface area contributed by atoms with Crippen molar-refractivity contribution < 1.29 is 4.79 Å². The number of thiocarbonyl (C=S) groups is 1. The van der Waals surface area contributed by atoms with E-state index in [2.05, 4.69) is 26.2 Å². The monoisotopic (exact) mass is 299 g/mol. The van der Waals surface area contributed by atoms with Crippen LogP contribution in [0.25, 0.3) is 0 Å². The van der Waals surface area contributed by atoms with Crippen molar-refractivity contribution in [2.24, 2.45) is 11.1 Å². The molecule has 0 radical (unpaired) electrons. The zero-order chi connectivity index (χ0) is 11.8. The SMILES string of the molecule is NC(=S)C1(C(=O)Nc2ncccc2Br)CC1. The summed E-state index contributed by atoms with van der Waals surface area (Å²) in [5.41, 5.74) is 4.92. The number of rotatable bonds is 3. The van der Waals surface area contributed by atoms with Gasteiger partial charge in [-0.25, -0.2) is 4.98 Å². The van der Waals surface area contributed by atoms with Gasteiger partial charge in [0.1, 0.15) is 5.82 Å². The molecule has 4 nitrogen and oxygen atoms in total. The van der Waals surface area contributed by atoms with Gasteiger partial charge in [-0.15, -0.1) is 0 Å². The van der Waals surface area contributed by atoms with Crippen molar-refractivity contribution in [3.8, 4) is 0 Å². The number of anilines is 1. The summed E-state index contributed by atoms with van der Waals surface area (Å²) < 4.78 is 0.738. The van der Waals surface area contributed by atoms with Gasteiger partial charge >= 0.3 is 0 Å². The third-order valence-corrected chi connectivity index (χ3v) is 3.68. The summed E-state index contributed by atoms with van der Waals surface area (Å²) in [4.78, 5) is 16.3. The highest BCUT2D eigenvalue weighted by atomic mass is 79.9. The van der Waals surface area contributed by atoms with Crippen molar-refractivity contribution >= 4 is 44.9 Å². The summed E-state index contributed by atoms with van der Waals surface area (Å²) in [6.07, 6.45) is 3.05. The van der Waals surface area contributed by atoms with Gasteiger partial charge < -0.3 is 11.1 Å². The van der Waals surface area contributed by atoms with Crippen LogP contribution in [-0.2, 0) is 4.79 Å². The number of nitrogens with one attached hydrogen (secondary N) is 1. The molecule has 16 heavy (non-hydrogen) atoms. The van der Waals surface area contributed by atoms with Crippen LogP contribution in [0.1, 0.15) is 12.8 Å².